The summed E-state index contributed by atoms with van der Waals surface area (Å²) in [4.78, 5) is 4.37. The summed E-state index contributed by atoms with van der Waals surface area (Å²) < 4.78 is 23.4. The van der Waals surface area contributed by atoms with Crippen LogP contribution >= 0.6 is 11.8 Å². The van der Waals surface area contributed by atoms with Crippen LogP contribution < -0.4 is 19.9 Å². The molecule has 0 aromatic heterocycles. The zero-order valence-electron chi connectivity index (χ0n) is 23.3. The highest BCUT2D eigenvalue weighted by Crippen LogP contribution is 2.63. The number of ether oxygens (including phenoxy) is 4. The summed E-state index contributed by atoms with van der Waals surface area (Å²) >= 11 is 1.51. The van der Waals surface area contributed by atoms with Gasteiger partial charge in [0, 0.05) is 40.1 Å². The number of aliphatic hydroxyl groups is 1. The molecule has 41 heavy (non-hydrogen) atoms. The number of nitrogens with zero attached hydrogens (tertiary/aromatic N) is 3. The van der Waals surface area contributed by atoms with E-state index in [1.807, 2.05) is 14.0 Å². The number of hydrogen-bond acceptors (Lipinski definition) is 12. The molecule has 2 fully saturated rings. The van der Waals surface area contributed by atoms with Gasteiger partial charge in [-0.3, -0.25) is 9.80 Å². The number of thioether (sulfide) groups is 1. The van der Waals surface area contributed by atoms with Gasteiger partial charge >= 0.3 is 0 Å². The minimum Gasteiger partial charge on any atom is -0.507 e. The van der Waals surface area contributed by atoms with Crippen LogP contribution in [0, 0.1) is 25.2 Å². The Morgan fingerprint density at radius 3 is 2.63 bits per heavy atom. The van der Waals surface area contributed by atoms with Crippen molar-refractivity contribution in [1.29, 1.82) is 5.26 Å². The van der Waals surface area contributed by atoms with Gasteiger partial charge in [0.15, 0.2) is 29.3 Å². The molecule has 218 valence electrons. The quantitative estimate of drug-likeness (QED) is 0.389. The van der Waals surface area contributed by atoms with E-state index in [1.54, 1.807) is 14.0 Å². The summed E-state index contributed by atoms with van der Waals surface area (Å²) in [6.07, 6.45) is -0.636. The fourth-order valence-corrected chi connectivity index (χ4v) is 9.27. The number of aromatic hydroxyl groups is 2. The van der Waals surface area contributed by atoms with Gasteiger partial charge in [-0.1, -0.05) is 6.07 Å². The van der Waals surface area contributed by atoms with Crippen molar-refractivity contribution in [3.63, 3.8) is 0 Å². The van der Waals surface area contributed by atoms with E-state index in [9.17, 15) is 20.6 Å². The molecule has 5 N–H and O–H groups in total. The van der Waals surface area contributed by atoms with Crippen LogP contribution in [0.1, 0.15) is 50.7 Å². The number of likely N-dealkylation sites (N-methyl/N-ethyl adjacent to an activating group) is 1. The summed E-state index contributed by atoms with van der Waals surface area (Å²) in [5, 5.41) is 44.5. The van der Waals surface area contributed by atoms with E-state index < -0.39 is 29.7 Å². The van der Waals surface area contributed by atoms with Gasteiger partial charge in [-0.2, -0.15) is 17.0 Å². The third kappa shape index (κ3) is 3.57. The highest BCUT2D eigenvalue weighted by atomic mass is 32.2. The second kappa shape index (κ2) is 9.55. The molecule has 5 aliphatic heterocycles. The van der Waals surface area contributed by atoms with E-state index in [0.29, 0.717) is 46.1 Å². The first-order valence-corrected chi connectivity index (χ1v) is 14.8. The molecule has 2 unspecified atom stereocenters. The zero-order chi connectivity index (χ0) is 28.9. The first-order valence-electron chi connectivity index (χ1n) is 13.8. The van der Waals surface area contributed by atoms with Crippen LogP contribution in [0.4, 0.5) is 0 Å². The normalized spacial score (nSPS) is 33.9. The predicted molar refractivity (Wildman–Crippen MR) is 149 cm³/mol. The molecule has 2 aromatic carbocycles. The number of aliphatic hydroxyl groups excluding tert-OH is 1. The van der Waals surface area contributed by atoms with Gasteiger partial charge in [-0.25, -0.2) is 0 Å². The Hall–Kier alpha value is -2.92. The van der Waals surface area contributed by atoms with Crippen molar-refractivity contribution in [2.45, 2.75) is 68.1 Å². The molecule has 7 rings (SSSR count). The molecule has 12 heteroatoms. The summed E-state index contributed by atoms with van der Waals surface area (Å²) in [5.41, 5.74) is 10.9. The lowest BCUT2D eigenvalue weighted by atomic mass is 9.71. The number of rotatable bonds is 1. The van der Waals surface area contributed by atoms with Crippen LogP contribution in [-0.4, -0.2) is 88.9 Å². The van der Waals surface area contributed by atoms with E-state index in [-0.39, 0.29) is 43.0 Å². The monoisotopic (exact) mass is 582 g/mol. The van der Waals surface area contributed by atoms with Crippen molar-refractivity contribution in [2.75, 3.05) is 33.3 Å². The van der Waals surface area contributed by atoms with Crippen molar-refractivity contribution in [2.24, 2.45) is 5.73 Å². The maximum Gasteiger partial charge on any atom is 0.231 e. The van der Waals surface area contributed by atoms with Crippen LogP contribution in [0.2, 0.25) is 0 Å². The lowest BCUT2D eigenvalue weighted by Crippen LogP contribution is -2.69. The fourth-order valence-electron chi connectivity index (χ4n) is 7.79. The third-order valence-corrected chi connectivity index (χ3v) is 11.0. The number of piperazine rings is 1. The minimum atomic E-state index is -1.20. The molecule has 0 aliphatic carbocycles. The lowest BCUT2D eigenvalue weighted by molar-refractivity contribution is -0.147. The van der Waals surface area contributed by atoms with E-state index >= 15 is 0 Å². The number of hydrogen-bond donors (Lipinski definition) is 4. The van der Waals surface area contributed by atoms with Gasteiger partial charge in [0.2, 0.25) is 6.79 Å². The van der Waals surface area contributed by atoms with Gasteiger partial charge in [-0.05, 0) is 38.4 Å². The average Bonchev–Trinajstić information content (AvgIpc) is 3.44. The van der Waals surface area contributed by atoms with Gasteiger partial charge in [0.05, 0.1) is 43.2 Å². The topological polar surface area (TPSA) is 154 Å². The average molecular weight is 583 g/mol. The molecular weight excluding hydrogens is 548 g/mol. The Kier molecular flexibility index (Phi) is 6.28. The predicted octanol–water partition coefficient (Wildman–Crippen LogP) is 2.13. The fraction of sp³-hybridized carbons (Fsp3) is 0.552. The van der Waals surface area contributed by atoms with E-state index in [0.717, 1.165) is 16.7 Å². The number of methoxy groups -OCH3 is 1. The number of nitrogens with two attached hydrogens (primary N) is 1. The van der Waals surface area contributed by atoms with Gasteiger partial charge in [0.25, 0.3) is 0 Å². The first-order chi connectivity index (χ1) is 19.7. The number of nitriles is 1. The number of phenolic OH excluding ortho intramolecular Hbond substituents is 2. The third-order valence-electron chi connectivity index (χ3n) is 9.59. The van der Waals surface area contributed by atoms with Crippen LogP contribution in [0.25, 0.3) is 0 Å². The largest absolute Gasteiger partial charge is 0.507 e. The maximum absolute atomic E-state index is 11.8. The Labute approximate surface area is 242 Å². The molecule has 2 aromatic rings. The van der Waals surface area contributed by atoms with E-state index in [2.05, 4.69) is 21.9 Å². The molecule has 5 aliphatic rings. The van der Waals surface area contributed by atoms with E-state index in [1.165, 1.54) is 11.8 Å². The van der Waals surface area contributed by atoms with E-state index in [4.69, 9.17) is 24.7 Å². The number of benzene rings is 2. The lowest BCUT2D eigenvalue weighted by Gasteiger charge is -2.62. The summed E-state index contributed by atoms with van der Waals surface area (Å²) in [6, 6.07) is 1.96. The Bertz CT molecular complexity index is 1480. The minimum absolute atomic E-state index is 0.0183. The molecule has 2 saturated heterocycles. The Morgan fingerprint density at radius 1 is 1.15 bits per heavy atom. The highest BCUT2D eigenvalue weighted by Gasteiger charge is 2.60. The van der Waals surface area contributed by atoms with Crippen LogP contribution in [0.15, 0.2) is 6.07 Å². The molecule has 0 saturated carbocycles. The highest BCUT2D eigenvalue weighted by molar-refractivity contribution is 7.99. The summed E-state index contributed by atoms with van der Waals surface area (Å²) in [7, 11) is 3.55. The SMILES string of the molecule is COc1c(C)cc2c(c1O)[C@H]1C3[C@@H]4SC[C@H](N)C(O)OC[C@@H](c5c6c(c(C)c(O)c54)OCO6)N3[C@@H](C#N)[C@H](C2)N1C. The van der Waals surface area contributed by atoms with Crippen molar-refractivity contribution < 1.29 is 34.3 Å². The molecule has 0 amide bonds. The Morgan fingerprint density at radius 2 is 1.90 bits per heavy atom. The molecule has 4 bridgehead atoms. The molecule has 11 nitrogen and oxygen atoms in total. The van der Waals surface area contributed by atoms with Crippen LogP contribution in [0.3, 0.4) is 0 Å². The molecule has 5 heterocycles. The van der Waals surface area contributed by atoms with Crippen molar-refractivity contribution in [1.82, 2.24) is 9.80 Å². The molecule has 0 radical (unpaired) electrons. The smallest absolute Gasteiger partial charge is 0.231 e. The van der Waals surface area contributed by atoms with Gasteiger partial charge in [0.1, 0.15) is 11.8 Å². The van der Waals surface area contributed by atoms with Crippen LogP contribution in [-0.2, 0) is 11.2 Å². The number of aryl methyl sites for hydroxylation is 1. The second-order valence-electron chi connectivity index (χ2n) is 11.6. The summed E-state index contributed by atoms with van der Waals surface area (Å²) in [6.45, 7) is 3.75. The standard InChI is InChI=1S/C29H34N4O7S/c1-11-5-13-6-15-16(7-30)33-17-8-38-29(36)14(31)9-41-28(20-19(17)27-26(39-10-40-27)12(2)23(20)34)22(33)21(32(15)3)18(13)24(35)25(11)37-4/h5,14-17,21-22,28-29,34-36H,6,8-10,31H2,1-4H3/t14-,15-,16-,17-,21-,22?,28+,29?/m0/s1. The first kappa shape index (κ1) is 26.9. The molecule has 8 atom stereocenters. The van der Waals surface area contributed by atoms with Crippen molar-refractivity contribution >= 4 is 11.8 Å². The van der Waals surface area contributed by atoms with Crippen LogP contribution in [0.5, 0.6) is 28.7 Å². The molecular formula is C29H34N4O7S. The second-order valence-corrected chi connectivity index (χ2v) is 12.7. The number of fused-ring (bicyclic) bond motifs is 9. The van der Waals surface area contributed by atoms with Gasteiger partial charge < -0.3 is 40.0 Å². The molecule has 0 spiro atoms. The zero-order valence-corrected chi connectivity index (χ0v) is 24.1. The van der Waals surface area contributed by atoms with Crippen molar-refractivity contribution in [3.8, 4) is 34.8 Å². The summed E-state index contributed by atoms with van der Waals surface area (Å²) in [5.74, 6) is 1.99. The maximum atomic E-state index is 11.8. The Balaban J connectivity index is 1.54. The number of phenols is 2. The van der Waals surface area contributed by atoms with Crippen molar-refractivity contribution in [3.05, 3.63) is 39.4 Å². The van der Waals surface area contributed by atoms with Gasteiger partial charge in [-0.15, -0.1) is 0 Å².